The van der Waals surface area contributed by atoms with Gasteiger partial charge in [-0.15, -0.1) is 0 Å². The zero-order valence-corrected chi connectivity index (χ0v) is 22.3. The third-order valence-corrected chi connectivity index (χ3v) is 12.5. The summed E-state index contributed by atoms with van der Waals surface area (Å²) in [6.45, 7) is 10.5. The Bertz CT molecular complexity index is 955. The van der Waals surface area contributed by atoms with E-state index in [2.05, 4.69) is 6.58 Å². The summed E-state index contributed by atoms with van der Waals surface area (Å²) in [5.41, 5.74) is 0.970. The highest BCUT2D eigenvalue weighted by atomic mass is 16.7. The van der Waals surface area contributed by atoms with Crippen LogP contribution in [0.3, 0.4) is 0 Å². The molecule has 0 radical (unpaired) electrons. The third-order valence-electron chi connectivity index (χ3n) is 12.5. The Hall–Kier alpha value is -1.36. The lowest BCUT2D eigenvalue weighted by Crippen LogP contribution is -2.50. The summed E-state index contributed by atoms with van der Waals surface area (Å²) in [7, 11) is 0. The minimum Gasteiger partial charge on any atom is -0.462 e. The number of hydrogen-bond donors (Lipinski definition) is 0. The first-order valence-corrected chi connectivity index (χ1v) is 14.9. The maximum Gasteiger partial charge on any atom is 0.311 e. The van der Waals surface area contributed by atoms with Gasteiger partial charge in [0.2, 0.25) is 0 Å². The fourth-order valence-electron chi connectivity index (χ4n) is 10.7. The molecule has 5 nitrogen and oxygen atoms in total. The van der Waals surface area contributed by atoms with Gasteiger partial charge >= 0.3 is 11.9 Å². The van der Waals surface area contributed by atoms with Crippen molar-refractivity contribution in [2.24, 2.45) is 70.5 Å². The van der Waals surface area contributed by atoms with Crippen LogP contribution in [0.25, 0.3) is 0 Å². The number of ether oxygens (including phenoxy) is 3. The largest absolute Gasteiger partial charge is 0.462 e. The lowest BCUT2D eigenvalue weighted by atomic mass is 9.53. The Morgan fingerprint density at radius 3 is 2.50 bits per heavy atom. The van der Waals surface area contributed by atoms with Crippen LogP contribution >= 0.6 is 0 Å². The Morgan fingerprint density at radius 1 is 0.917 bits per heavy atom. The van der Waals surface area contributed by atoms with Gasteiger partial charge in [-0.25, -0.2) is 0 Å². The normalized spacial score (nSPS) is 49.5. The molecule has 36 heavy (non-hydrogen) atoms. The van der Waals surface area contributed by atoms with Gasteiger partial charge in [-0.05, 0) is 125 Å². The lowest BCUT2D eigenvalue weighted by molar-refractivity contribution is -0.185. The van der Waals surface area contributed by atoms with Crippen LogP contribution in [0.4, 0.5) is 0 Å². The maximum absolute atomic E-state index is 13.3. The molecule has 8 saturated carbocycles. The van der Waals surface area contributed by atoms with E-state index < -0.39 is 5.41 Å². The zero-order valence-electron chi connectivity index (χ0n) is 22.3. The summed E-state index contributed by atoms with van der Waals surface area (Å²) < 4.78 is 18.2. The Kier molecular flexibility index (Phi) is 5.48. The second-order valence-corrected chi connectivity index (χ2v) is 14.4. The van der Waals surface area contributed by atoms with Gasteiger partial charge in [0.25, 0.3) is 0 Å². The second-order valence-electron chi connectivity index (χ2n) is 14.4. The summed E-state index contributed by atoms with van der Waals surface area (Å²) >= 11 is 0. The molecular formula is C31H44O5. The average molecular weight is 497 g/mol. The fraction of sp³-hybridized carbons (Fsp3) is 0.871. The van der Waals surface area contributed by atoms with E-state index in [1.165, 1.54) is 37.7 Å². The summed E-state index contributed by atoms with van der Waals surface area (Å²) in [6, 6.07) is 0. The van der Waals surface area contributed by atoms with Crippen LogP contribution in [0.15, 0.2) is 12.2 Å². The summed E-state index contributed by atoms with van der Waals surface area (Å²) in [6.07, 6.45) is 10.4. The number of hydrogen-bond acceptors (Lipinski definition) is 5. The standard InChI is InChI=1S/C31H44O5/c1-5-31(3,4)30(33)36-25-13-19-12-24(25)27-22-10-18(26(19)27)11-23(22)29(32)35-14-34-28-20-7-16-6-17(9-20)15(2)21(28)8-16/h16-28H,2,5-14H2,1,3-4H3. The SMILES string of the molecule is C=C1C2CC3CC(C2)C(OCOC(=O)C2CC4CC2C2C5CC(CC5OC(=O)C(C)(C)CC)C42)C1C3. The highest BCUT2D eigenvalue weighted by molar-refractivity contribution is 5.76. The van der Waals surface area contributed by atoms with Gasteiger partial charge in [-0.2, -0.15) is 0 Å². The molecule has 0 amide bonds. The van der Waals surface area contributed by atoms with Crippen molar-refractivity contribution in [3.05, 3.63) is 12.2 Å². The van der Waals surface area contributed by atoms with Crippen molar-refractivity contribution >= 4 is 11.9 Å². The van der Waals surface area contributed by atoms with Gasteiger partial charge in [0, 0.05) is 5.92 Å². The van der Waals surface area contributed by atoms with Gasteiger partial charge in [0.05, 0.1) is 17.4 Å². The number of rotatable bonds is 7. The number of carbonyl (C=O) groups is 2. The number of fused-ring (bicyclic) bond motifs is 9. The van der Waals surface area contributed by atoms with Gasteiger partial charge in [0.15, 0.2) is 6.79 Å². The predicted molar refractivity (Wildman–Crippen MR) is 134 cm³/mol. The molecule has 198 valence electrons. The van der Waals surface area contributed by atoms with Crippen molar-refractivity contribution in [1.29, 1.82) is 0 Å². The number of carbonyl (C=O) groups excluding carboxylic acids is 2. The average Bonchev–Trinajstić information content (AvgIpc) is 3.62. The third kappa shape index (κ3) is 3.43. The molecule has 0 N–H and O–H groups in total. The van der Waals surface area contributed by atoms with Gasteiger partial charge < -0.3 is 14.2 Å². The van der Waals surface area contributed by atoms with Gasteiger partial charge in [0.1, 0.15) is 6.10 Å². The fourth-order valence-corrected chi connectivity index (χ4v) is 10.7. The van der Waals surface area contributed by atoms with Crippen LogP contribution in [0.1, 0.15) is 78.6 Å². The van der Waals surface area contributed by atoms with Crippen LogP contribution in [0.2, 0.25) is 0 Å². The van der Waals surface area contributed by atoms with Crippen molar-refractivity contribution in [1.82, 2.24) is 0 Å². The van der Waals surface area contributed by atoms with E-state index in [1.807, 2.05) is 20.8 Å². The molecule has 13 unspecified atom stereocenters. The molecule has 8 aliphatic rings. The molecule has 0 spiro atoms. The van der Waals surface area contributed by atoms with Crippen LogP contribution in [-0.2, 0) is 23.8 Å². The molecule has 0 heterocycles. The lowest BCUT2D eigenvalue weighted by Gasteiger charge is -2.55. The van der Waals surface area contributed by atoms with Gasteiger partial charge in [-0.3, -0.25) is 9.59 Å². The van der Waals surface area contributed by atoms with E-state index in [0.717, 1.165) is 37.5 Å². The minimum absolute atomic E-state index is 0.00361. The van der Waals surface area contributed by atoms with E-state index in [1.54, 1.807) is 0 Å². The van der Waals surface area contributed by atoms with E-state index in [9.17, 15) is 9.59 Å². The van der Waals surface area contributed by atoms with Crippen molar-refractivity contribution in [2.45, 2.75) is 90.8 Å². The quantitative estimate of drug-likeness (QED) is 0.194. The van der Waals surface area contributed by atoms with Crippen molar-refractivity contribution in [3.8, 4) is 0 Å². The molecule has 0 aliphatic heterocycles. The van der Waals surface area contributed by atoms with Crippen LogP contribution in [0, 0.1) is 70.5 Å². The Balaban J connectivity index is 0.960. The molecule has 0 aromatic heterocycles. The molecule has 0 aromatic carbocycles. The Morgan fingerprint density at radius 2 is 1.69 bits per heavy atom. The van der Waals surface area contributed by atoms with Gasteiger partial charge in [-0.1, -0.05) is 19.1 Å². The summed E-state index contributed by atoms with van der Waals surface area (Å²) in [4.78, 5) is 26.1. The van der Waals surface area contributed by atoms with Crippen molar-refractivity contribution in [2.75, 3.05) is 6.79 Å². The highest BCUT2D eigenvalue weighted by Crippen LogP contribution is 2.69. The predicted octanol–water partition coefficient (Wildman–Crippen LogP) is 5.77. The monoisotopic (exact) mass is 496 g/mol. The smallest absolute Gasteiger partial charge is 0.311 e. The van der Waals surface area contributed by atoms with Crippen molar-refractivity contribution < 1.29 is 23.8 Å². The van der Waals surface area contributed by atoms with E-state index >= 15 is 0 Å². The molecule has 0 aromatic rings. The van der Waals surface area contributed by atoms with E-state index in [-0.39, 0.29) is 36.9 Å². The highest BCUT2D eigenvalue weighted by Gasteiger charge is 2.66. The van der Waals surface area contributed by atoms with Crippen LogP contribution in [-0.4, -0.2) is 30.9 Å². The topological polar surface area (TPSA) is 61.8 Å². The molecule has 8 bridgehead atoms. The molecule has 5 heteroatoms. The number of esters is 2. The van der Waals surface area contributed by atoms with E-state index in [4.69, 9.17) is 14.2 Å². The molecule has 8 rings (SSSR count). The first-order valence-electron chi connectivity index (χ1n) is 14.9. The van der Waals surface area contributed by atoms with Crippen molar-refractivity contribution in [3.63, 3.8) is 0 Å². The summed E-state index contributed by atoms with van der Waals surface area (Å²) in [5, 5.41) is 0. The second kappa shape index (κ2) is 8.32. The molecular weight excluding hydrogens is 452 g/mol. The van der Waals surface area contributed by atoms with Crippen LogP contribution in [0.5, 0.6) is 0 Å². The first-order chi connectivity index (χ1) is 17.2. The van der Waals surface area contributed by atoms with Crippen LogP contribution < -0.4 is 0 Å². The maximum atomic E-state index is 13.3. The summed E-state index contributed by atoms with van der Waals surface area (Å²) in [5.74, 6) is 5.92. The minimum atomic E-state index is -0.425. The molecule has 8 fully saturated rings. The zero-order chi connectivity index (χ0) is 24.9. The Labute approximate surface area is 216 Å². The molecule has 8 aliphatic carbocycles. The molecule has 13 atom stereocenters. The molecule has 0 saturated heterocycles. The first kappa shape index (κ1) is 23.7. The van der Waals surface area contributed by atoms with E-state index in [0.29, 0.717) is 47.3 Å².